The van der Waals surface area contributed by atoms with E-state index >= 15 is 0 Å². The highest BCUT2D eigenvalue weighted by atomic mass is 16.5. The second kappa shape index (κ2) is 13.8. The van der Waals surface area contributed by atoms with Crippen molar-refractivity contribution in [3.63, 3.8) is 0 Å². The van der Waals surface area contributed by atoms with Crippen LogP contribution in [0.2, 0.25) is 0 Å². The zero-order valence-electron chi connectivity index (χ0n) is 22.9. The SMILES string of the molecule is CCC(C)[C@H](NC)C(=O)N[C@@H]1C(=O)N[C@@H](C(C)CC)C(=O)N/C=C\c2ccc(cc2)O[C@H]1c1ccccc1. The summed E-state index contributed by atoms with van der Waals surface area (Å²) >= 11 is 0. The lowest BCUT2D eigenvalue weighted by atomic mass is 9.95. The first-order valence-corrected chi connectivity index (χ1v) is 13.4. The fraction of sp³-hybridized carbons (Fsp3) is 0.433. The Morgan fingerprint density at radius 1 is 0.974 bits per heavy atom. The number of nitrogens with one attached hydrogen (secondary N) is 4. The van der Waals surface area contributed by atoms with E-state index in [0.29, 0.717) is 12.2 Å². The van der Waals surface area contributed by atoms with Gasteiger partial charge in [-0.05, 0) is 48.2 Å². The number of likely N-dealkylation sites (N-methyl/N-ethyl adjacent to an activating group) is 1. The van der Waals surface area contributed by atoms with Crippen LogP contribution in [0.1, 0.15) is 57.8 Å². The molecule has 8 nitrogen and oxygen atoms in total. The second-order valence-corrected chi connectivity index (χ2v) is 9.87. The Labute approximate surface area is 225 Å². The molecule has 0 fully saturated rings. The molecule has 0 aromatic heterocycles. The standard InChI is InChI=1S/C30H40N4O4/c1-6-19(3)24(31-5)29(36)34-26-27(22-11-9-8-10-12-22)38-23-15-13-21(14-16-23)17-18-32-28(35)25(20(4)7-2)33-30(26)37/h8-20,24-27,31H,6-7H2,1-5H3,(H,32,35)(H,33,37)(H,34,36)/b18-17-/t19?,20?,24-,25-,26-,27-/m0/s1. The van der Waals surface area contributed by atoms with Gasteiger partial charge in [-0.3, -0.25) is 14.4 Å². The van der Waals surface area contributed by atoms with Crippen LogP contribution in [0.15, 0.2) is 60.8 Å². The number of carbonyl (C=O) groups excluding carboxylic acids is 3. The number of amides is 3. The zero-order chi connectivity index (χ0) is 27.7. The molecule has 2 aliphatic heterocycles. The molecule has 0 radical (unpaired) electrons. The summed E-state index contributed by atoms with van der Waals surface area (Å²) in [5.74, 6) is -0.686. The molecule has 0 saturated carbocycles. The molecule has 2 bridgehead atoms. The van der Waals surface area contributed by atoms with Crippen LogP contribution in [0, 0.1) is 11.8 Å². The van der Waals surface area contributed by atoms with Crippen LogP contribution in [-0.4, -0.2) is 42.9 Å². The first-order valence-electron chi connectivity index (χ1n) is 13.4. The maximum atomic E-state index is 14.0. The lowest BCUT2D eigenvalue weighted by Gasteiger charge is -2.32. The highest BCUT2D eigenvalue weighted by molar-refractivity contribution is 5.94. The van der Waals surface area contributed by atoms with E-state index in [1.807, 2.05) is 70.2 Å². The van der Waals surface area contributed by atoms with E-state index in [1.165, 1.54) is 0 Å². The number of hydrogen-bond acceptors (Lipinski definition) is 5. The lowest BCUT2D eigenvalue weighted by Crippen LogP contribution is -2.60. The van der Waals surface area contributed by atoms with Crippen molar-refractivity contribution in [2.75, 3.05) is 7.05 Å². The topological polar surface area (TPSA) is 109 Å². The lowest BCUT2D eigenvalue weighted by molar-refractivity contribution is -0.135. The quantitative estimate of drug-likeness (QED) is 0.426. The number of benzene rings is 2. The van der Waals surface area contributed by atoms with Crippen molar-refractivity contribution in [1.29, 1.82) is 0 Å². The molecule has 0 saturated heterocycles. The van der Waals surface area contributed by atoms with Crippen LogP contribution in [-0.2, 0) is 14.4 Å². The summed E-state index contributed by atoms with van der Waals surface area (Å²) in [5.41, 5.74) is 1.60. The smallest absolute Gasteiger partial charge is 0.247 e. The van der Waals surface area contributed by atoms with Gasteiger partial charge >= 0.3 is 0 Å². The minimum Gasteiger partial charge on any atom is -0.483 e. The third kappa shape index (κ3) is 7.22. The highest BCUT2D eigenvalue weighted by Crippen LogP contribution is 2.27. The molecule has 204 valence electrons. The van der Waals surface area contributed by atoms with Crippen molar-refractivity contribution >= 4 is 23.8 Å². The summed E-state index contributed by atoms with van der Waals surface area (Å²) in [6.45, 7) is 7.87. The van der Waals surface area contributed by atoms with Crippen molar-refractivity contribution in [1.82, 2.24) is 21.3 Å². The van der Waals surface area contributed by atoms with Crippen molar-refractivity contribution < 1.29 is 19.1 Å². The van der Waals surface area contributed by atoms with Gasteiger partial charge in [-0.25, -0.2) is 0 Å². The number of ether oxygens (including phenoxy) is 1. The molecule has 2 aromatic rings. The van der Waals surface area contributed by atoms with E-state index in [4.69, 9.17) is 4.74 Å². The Hall–Kier alpha value is -3.65. The number of fused-ring (bicyclic) bond motifs is 10. The van der Waals surface area contributed by atoms with E-state index in [-0.39, 0.29) is 23.7 Å². The van der Waals surface area contributed by atoms with Crippen LogP contribution in [0.3, 0.4) is 0 Å². The monoisotopic (exact) mass is 520 g/mol. The van der Waals surface area contributed by atoms with E-state index in [0.717, 1.165) is 17.5 Å². The Morgan fingerprint density at radius 2 is 1.66 bits per heavy atom. The summed E-state index contributed by atoms with van der Waals surface area (Å²) in [5, 5.41) is 11.8. The summed E-state index contributed by atoms with van der Waals surface area (Å²) in [6.07, 6.45) is 3.97. The molecular formula is C30H40N4O4. The minimum atomic E-state index is -1.11. The predicted octanol–water partition coefficient (Wildman–Crippen LogP) is 3.56. The van der Waals surface area contributed by atoms with Crippen LogP contribution in [0.25, 0.3) is 6.08 Å². The molecular weight excluding hydrogens is 480 g/mol. The Kier molecular flexibility index (Phi) is 10.5. The van der Waals surface area contributed by atoms with Crippen molar-refractivity contribution in [2.24, 2.45) is 11.8 Å². The largest absolute Gasteiger partial charge is 0.483 e. The molecule has 2 aliphatic rings. The fourth-order valence-electron chi connectivity index (χ4n) is 4.46. The van der Waals surface area contributed by atoms with Gasteiger partial charge in [-0.1, -0.05) is 83.0 Å². The van der Waals surface area contributed by atoms with Crippen molar-refractivity contribution in [2.45, 2.75) is 64.8 Å². The third-order valence-corrected chi connectivity index (χ3v) is 7.26. The summed E-state index contributed by atoms with van der Waals surface area (Å²) in [7, 11) is 1.73. The van der Waals surface area contributed by atoms with Gasteiger partial charge in [0.15, 0.2) is 6.10 Å². The van der Waals surface area contributed by atoms with Crippen LogP contribution < -0.4 is 26.0 Å². The average Bonchev–Trinajstić information content (AvgIpc) is 2.94. The molecule has 4 N–H and O–H groups in total. The number of carbonyl (C=O) groups is 3. The highest BCUT2D eigenvalue weighted by Gasteiger charge is 2.38. The summed E-state index contributed by atoms with van der Waals surface area (Å²) in [6, 6.07) is 14.3. The summed E-state index contributed by atoms with van der Waals surface area (Å²) in [4.78, 5) is 40.6. The molecule has 0 spiro atoms. The zero-order valence-corrected chi connectivity index (χ0v) is 22.9. The van der Waals surface area contributed by atoms with Gasteiger partial charge in [0.1, 0.15) is 17.8 Å². The number of hydrogen-bond donors (Lipinski definition) is 4. The molecule has 2 unspecified atom stereocenters. The average molecular weight is 521 g/mol. The van der Waals surface area contributed by atoms with Gasteiger partial charge in [0, 0.05) is 6.20 Å². The molecule has 2 heterocycles. The molecule has 8 heteroatoms. The molecule has 6 atom stereocenters. The Bertz CT molecular complexity index is 1100. The predicted molar refractivity (Wildman–Crippen MR) is 149 cm³/mol. The van der Waals surface area contributed by atoms with Crippen LogP contribution in [0.5, 0.6) is 5.75 Å². The van der Waals surface area contributed by atoms with Gasteiger partial charge < -0.3 is 26.0 Å². The second-order valence-electron chi connectivity index (χ2n) is 9.87. The fourth-order valence-corrected chi connectivity index (χ4v) is 4.46. The van der Waals surface area contributed by atoms with Gasteiger partial charge in [-0.2, -0.15) is 0 Å². The maximum Gasteiger partial charge on any atom is 0.247 e. The molecule has 0 aliphatic carbocycles. The third-order valence-electron chi connectivity index (χ3n) is 7.26. The van der Waals surface area contributed by atoms with Crippen molar-refractivity contribution in [3.05, 3.63) is 71.9 Å². The number of rotatable bonds is 8. The van der Waals surface area contributed by atoms with E-state index in [1.54, 1.807) is 31.5 Å². The first kappa shape index (κ1) is 28.9. The van der Waals surface area contributed by atoms with E-state index in [2.05, 4.69) is 21.3 Å². The van der Waals surface area contributed by atoms with Gasteiger partial charge in [0.25, 0.3) is 0 Å². The molecule has 2 aromatic carbocycles. The minimum absolute atomic E-state index is 0.0376. The maximum absolute atomic E-state index is 14.0. The molecule has 3 amide bonds. The Balaban J connectivity index is 2.11. The first-order chi connectivity index (χ1) is 18.3. The van der Waals surface area contributed by atoms with Crippen molar-refractivity contribution in [3.8, 4) is 5.75 Å². The molecule has 38 heavy (non-hydrogen) atoms. The van der Waals surface area contributed by atoms with Gasteiger partial charge in [0.2, 0.25) is 17.7 Å². The normalized spacial score (nSPS) is 23.1. The molecule has 4 rings (SSSR count). The van der Waals surface area contributed by atoms with E-state index in [9.17, 15) is 14.4 Å². The summed E-state index contributed by atoms with van der Waals surface area (Å²) < 4.78 is 6.41. The van der Waals surface area contributed by atoms with Gasteiger partial charge in [0.05, 0.1) is 6.04 Å². The van der Waals surface area contributed by atoms with Crippen LogP contribution in [0.4, 0.5) is 0 Å². The van der Waals surface area contributed by atoms with Crippen LogP contribution >= 0.6 is 0 Å². The Morgan fingerprint density at radius 3 is 2.26 bits per heavy atom. The van der Waals surface area contributed by atoms with E-state index < -0.39 is 30.1 Å². The van der Waals surface area contributed by atoms with Gasteiger partial charge in [-0.15, -0.1) is 0 Å².